The summed E-state index contributed by atoms with van der Waals surface area (Å²) in [5.41, 5.74) is 2.11. The number of rotatable bonds is 8. The Kier molecular flexibility index (Phi) is 6.51. The van der Waals surface area contributed by atoms with Crippen LogP contribution in [-0.4, -0.2) is 25.0 Å². The Hall–Kier alpha value is -2.94. The number of nitrogens with zero attached hydrogens (tertiary/aromatic N) is 1. The van der Waals surface area contributed by atoms with Gasteiger partial charge in [0.15, 0.2) is 0 Å². The van der Waals surface area contributed by atoms with Crippen molar-refractivity contribution >= 4 is 33.0 Å². The average Bonchev–Trinajstić information content (AvgIpc) is 2.58. The zero-order valence-corrected chi connectivity index (χ0v) is 15.9. The number of nitrogens with one attached hydrogen (secondary N) is 2. The molecule has 0 aliphatic carbocycles. The number of benzene rings is 2. The summed E-state index contributed by atoms with van der Waals surface area (Å²) in [7, 11) is -3.43. The van der Waals surface area contributed by atoms with E-state index in [2.05, 4.69) is 10.0 Å². The molecule has 0 bridgehead atoms. The van der Waals surface area contributed by atoms with E-state index in [1.807, 2.05) is 0 Å². The lowest BCUT2D eigenvalue weighted by molar-refractivity contribution is -0.384. The van der Waals surface area contributed by atoms with Gasteiger partial charge in [0.1, 0.15) is 0 Å². The van der Waals surface area contributed by atoms with Gasteiger partial charge in [-0.05, 0) is 36.6 Å². The summed E-state index contributed by atoms with van der Waals surface area (Å²) in [6.45, 7) is 3.49. The molecule has 27 heavy (non-hydrogen) atoms. The number of nitro benzene ring substituents is 1. The van der Waals surface area contributed by atoms with Crippen molar-refractivity contribution in [2.24, 2.45) is 0 Å². The molecular weight excluding hydrogens is 370 g/mol. The molecule has 0 saturated heterocycles. The number of anilines is 2. The molecule has 9 heteroatoms. The smallest absolute Gasteiger partial charge is 0.269 e. The van der Waals surface area contributed by atoms with E-state index in [0.717, 1.165) is 0 Å². The molecular formula is C18H21N3O5S. The second kappa shape index (κ2) is 8.63. The molecule has 0 unspecified atom stereocenters. The molecule has 0 spiro atoms. The zero-order valence-electron chi connectivity index (χ0n) is 15.1. The van der Waals surface area contributed by atoms with E-state index >= 15 is 0 Å². The molecule has 0 fully saturated rings. The zero-order chi connectivity index (χ0) is 20.0. The maximum Gasteiger partial charge on any atom is 0.269 e. The van der Waals surface area contributed by atoms with Crippen LogP contribution >= 0.6 is 0 Å². The van der Waals surface area contributed by atoms with E-state index in [4.69, 9.17) is 0 Å². The third kappa shape index (κ3) is 5.78. The van der Waals surface area contributed by atoms with Crippen LogP contribution in [-0.2, 0) is 21.2 Å². The number of nitro groups is 1. The van der Waals surface area contributed by atoms with Crippen LogP contribution in [0.2, 0.25) is 0 Å². The van der Waals surface area contributed by atoms with Gasteiger partial charge in [-0.15, -0.1) is 0 Å². The number of hydrogen-bond acceptors (Lipinski definition) is 5. The Morgan fingerprint density at radius 2 is 1.74 bits per heavy atom. The molecule has 1 amide bonds. The fourth-order valence-electron chi connectivity index (χ4n) is 2.48. The Morgan fingerprint density at radius 1 is 1.11 bits per heavy atom. The van der Waals surface area contributed by atoms with Crippen LogP contribution in [0.1, 0.15) is 24.5 Å². The number of sulfonamides is 1. The topological polar surface area (TPSA) is 118 Å². The minimum Gasteiger partial charge on any atom is -0.325 e. The van der Waals surface area contributed by atoms with Crippen LogP contribution in [0.25, 0.3) is 0 Å². The number of amides is 1. The van der Waals surface area contributed by atoms with E-state index in [-0.39, 0.29) is 23.8 Å². The summed E-state index contributed by atoms with van der Waals surface area (Å²) in [5, 5.41) is 13.4. The van der Waals surface area contributed by atoms with Crippen LogP contribution in [0.3, 0.4) is 0 Å². The summed E-state index contributed by atoms with van der Waals surface area (Å²) in [6, 6.07) is 10.7. The first kappa shape index (κ1) is 20.4. The highest BCUT2D eigenvalue weighted by atomic mass is 32.2. The fraction of sp³-hybridized carbons (Fsp3) is 0.278. The molecule has 0 saturated carbocycles. The number of non-ortho nitro benzene ring substituents is 1. The van der Waals surface area contributed by atoms with Crippen molar-refractivity contribution in [1.82, 2.24) is 0 Å². The molecule has 0 aliphatic rings. The molecule has 2 N–H and O–H groups in total. The second-order valence-corrected chi connectivity index (χ2v) is 7.89. The summed E-state index contributed by atoms with van der Waals surface area (Å²) in [4.78, 5) is 22.4. The van der Waals surface area contributed by atoms with Crippen molar-refractivity contribution in [3.05, 3.63) is 63.7 Å². The second-order valence-electron chi connectivity index (χ2n) is 6.05. The van der Waals surface area contributed by atoms with Crippen molar-refractivity contribution < 1.29 is 18.1 Å². The van der Waals surface area contributed by atoms with E-state index < -0.39 is 14.9 Å². The minimum atomic E-state index is -3.43. The lowest BCUT2D eigenvalue weighted by Crippen LogP contribution is -2.18. The fourth-order valence-corrected chi connectivity index (χ4v) is 3.68. The molecule has 0 aliphatic heterocycles. The van der Waals surface area contributed by atoms with Gasteiger partial charge in [0, 0.05) is 17.8 Å². The summed E-state index contributed by atoms with van der Waals surface area (Å²) in [6.07, 6.45) is 0.545. The quantitative estimate of drug-likeness (QED) is 0.529. The maximum atomic E-state index is 12.3. The van der Waals surface area contributed by atoms with Crippen molar-refractivity contribution in [3.8, 4) is 0 Å². The first-order valence-corrected chi connectivity index (χ1v) is 10.0. The monoisotopic (exact) mass is 391 g/mol. The van der Waals surface area contributed by atoms with Crippen LogP contribution in [0.4, 0.5) is 17.1 Å². The highest BCUT2D eigenvalue weighted by molar-refractivity contribution is 7.92. The van der Waals surface area contributed by atoms with Crippen LogP contribution in [0.15, 0.2) is 42.5 Å². The predicted octanol–water partition coefficient (Wildman–Crippen LogP) is 3.24. The lowest BCUT2D eigenvalue weighted by Gasteiger charge is -2.14. The van der Waals surface area contributed by atoms with Gasteiger partial charge in [0.25, 0.3) is 5.69 Å². The Morgan fingerprint density at radius 3 is 2.33 bits per heavy atom. The van der Waals surface area contributed by atoms with E-state index in [0.29, 0.717) is 28.9 Å². The van der Waals surface area contributed by atoms with E-state index in [1.165, 1.54) is 24.3 Å². The number of hydrogen-bond donors (Lipinski definition) is 2. The highest BCUT2D eigenvalue weighted by Gasteiger charge is 2.14. The van der Waals surface area contributed by atoms with Crippen molar-refractivity contribution in [2.75, 3.05) is 15.8 Å². The predicted molar refractivity (Wildman–Crippen MR) is 104 cm³/mol. The first-order chi connectivity index (χ1) is 12.7. The largest absolute Gasteiger partial charge is 0.325 e. The van der Waals surface area contributed by atoms with Crippen molar-refractivity contribution in [1.29, 1.82) is 0 Å². The van der Waals surface area contributed by atoms with Gasteiger partial charge in [0.05, 0.1) is 22.8 Å². The molecule has 144 valence electrons. The molecule has 0 heterocycles. The maximum absolute atomic E-state index is 12.3. The Balaban J connectivity index is 2.09. The Bertz CT molecular complexity index is 940. The molecule has 0 radical (unpaired) electrons. The van der Waals surface area contributed by atoms with E-state index in [1.54, 1.807) is 32.0 Å². The standard InChI is InChI=1S/C18H21N3O5S/c1-3-11-27(25,26)20-17-6-4-5-16(13(17)2)19-18(22)12-14-7-9-15(10-8-14)21(23)24/h4-10,20H,3,11-12H2,1-2H3,(H,19,22). The minimum absolute atomic E-state index is 0.0170. The van der Waals surface area contributed by atoms with Gasteiger partial charge >= 0.3 is 0 Å². The van der Waals surface area contributed by atoms with Gasteiger partial charge in [-0.1, -0.05) is 25.1 Å². The molecule has 2 aromatic rings. The van der Waals surface area contributed by atoms with Crippen LogP contribution in [0.5, 0.6) is 0 Å². The van der Waals surface area contributed by atoms with Crippen LogP contribution in [0, 0.1) is 17.0 Å². The van der Waals surface area contributed by atoms with Gasteiger partial charge in [-0.25, -0.2) is 8.42 Å². The third-order valence-corrected chi connectivity index (χ3v) is 5.33. The highest BCUT2D eigenvalue weighted by Crippen LogP contribution is 2.24. The SMILES string of the molecule is CCCS(=O)(=O)Nc1cccc(NC(=O)Cc2ccc([N+](=O)[O-])cc2)c1C. The summed E-state index contributed by atoms with van der Waals surface area (Å²) >= 11 is 0. The average molecular weight is 391 g/mol. The number of carbonyl (C=O) groups is 1. The summed E-state index contributed by atoms with van der Waals surface area (Å²) in [5.74, 6) is -0.288. The third-order valence-electron chi connectivity index (χ3n) is 3.86. The molecule has 2 rings (SSSR count). The molecule has 8 nitrogen and oxygen atoms in total. The van der Waals surface area contributed by atoms with Gasteiger partial charge in [-0.2, -0.15) is 0 Å². The molecule has 0 atom stereocenters. The summed E-state index contributed by atoms with van der Waals surface area (Å²) < 4.78 is 26.4. The normalized spacial score (nSPS) is 11.0. The lowest BCUT2D eigenvalue weighted by atomic mass is 10.1. The molecule has 0 aromatic heterocycles. The number of carbonyl (C=O) groups excluding carboxylic acids is 1. The van der Waals surface area contributed by atoms with Crippen LogP contribution < -0.4 is 10.0 Å². The molecule has 2 aromatic carbocycles. The van der Waals surface area contributed by atoms with Crippen molar-refractivity contribution in [3.63, 3.8) is 0 Å². The Labute approximate surface area is 157 Å². The van der Waals surface area contributed by atoms with Gasteiger partial charge < -0.3 is 5.32 Å². The van der Waals surface area contributed by atoms with Gasteiger partial charge in [-0.3, -0.25) is 19.6 Å². The van der Waals surface area contributed by atoms with Crippen molar-refractivity contribution in [2.45, 2.75) is 26.7 Å². The first-order valence-electron chi connectivity index (χ1n) is 8.35. The van der Waals surface area contributed by atoms with Gasteiger partial charge in [0.2, 0.25) is 15.9 Å². The van der Waals surface area contributed by atoms with E-state index in [9.17, 15) is 23.3 Å².